The second-order valence-corrected chi connectivity index (χ2v) is 8.93. The van der Waals surface area contributed by atoms with Gasteiger partial charge in [-0.05, 0) is 40.7 Å². The number of amides is 2. The monoisotopic (exact) mass is 495 g/mol. The standard InChI is InChI=1S/C25H25N3O6S/c1-35-11-10-20(24(30)31)28-23(29)22-21(34-14-27-22)12-26-25(32)33-13-19-17-8-4-2-6-15(17)16-7-3-5-9-18(16)19/h2-9,14,19-20H,10-13H2,1H3,(H,26,32)(H,28,29)(H,30,31). The van der Waals surface area contributed by atoms with Crippen LogP contribution in [-0.2, 0) is 16.1 Å². The predicted octanol–water partition coefficient (Wildman–Crippen LogP) is 3.65. The summed E-state index contributed by atoms with van der Waals surface area (Å²) in [6.07, 6.45) is 2.53. The van der Waals surface area contributed by atoms with Gasteiger partial charge in [-0.1, -0.05) is 48.5 Å². The minimum Gasteiger partial charge on any atom is -0.480 e. The van der Waals surface area contributed by atoms with Gasteiger partial charge in [0.2, 0.25) is 0 Å². The molecule has 4 rings (SSSR count). The van der Waals surface area contributed by atoms with E-state index >= 15 is 0 Å². The first-order chi connectivity index (χ1) is 17.0. The van der Waals surface area contributed by atoms with Gasteiger partial charge in [0.25, 0.3) is 5.91 Å². The van der Waals surface area contributed by atoms with Gasteiger partial charge in [0.1, 0.15) is 12.6 Å². The van der Waals surface area contributed by atoms with E-state index in [2.05, 4.69) is 27.8 Å². The Hall–Kier alpha value is -3.79. The van der Waals surface area contributed by atoms with Crippen LogP contribution < -0.4 is 10.6 Å². The molecule has 0 saturated carbocycles. The summed E-state index contributed by atoms with van der Waals surface area (Å²) in [4.78, 5) is 40.2. The molecule has 2 amide bonds. The van der Waals surface area contributed by atoms with Crippen LogP contribution in [0, 0.1) is 0 Å². The lowest BCUT2D eigenvalue weighted by atomic mass is 9.98. The van der Waals surface area contributed by atoms with E-state index < -0.39 is 24.0 Å². The number of alkyl carbamates (subject to hydrolysis) is 1. The molecule has 9 nitrogen and oxygen atoms in total. The topological polar surface area (TPSA) is 131 Å². The molecule has 1 aromatic heterocycles. The van der Waals surface area contributed by atoms with E-state index in [1.54, 1.807) is 0 Å². The number of nitrogens with one attached hydrogen (secondary N) is 2. The van der Waals surface area contributed by atoms with Crippen molar-refractivity contribution >= 4 is 29.7 Å². The molecule has 0 radical (unpaired) electrons. The summed E-state index contributed by atoms with van der Waals surface area (Å²) in [5, 5.41) is 14.3. The number of carbonyl (C=O) groups excluding carboxylic acids is 2. The van der Waals surface area contributed by atoms with Crippen molar-refractivity contribution in [2.24, 2.45) is 0 Å². The molecule has 3 aromatic rings. The first kappa shape index (κ1) is 24.3. The molecule has 1 atom stereocenters. The summed E-state index contributed by atoms with van der Waals surface area (Å²) >= 11 is 1.48. The number of aromatic nitrogens is 1. The third-order valence-electron chi connectivity index (χ3n) is 5.81. The van der Waals surface area contributed by atoms with Crippen LogP contribution in [0.2, 0.25) is 0 Å². The average molecular weight is 496 g/mol. The number of oxazole rings is 1. The van der Waals surface area contributed by atoms with Gasteiger partial charge in [0, 0.05) is 5.92 Å². The summed E-state index contributed by atoms with van der Waals surface area (Å²) in [5.74, 6) is -1.21. The normalized spacial score (nSPS) is 12.9. The maximum Gasteiger partial charge on any atom is 0.407 e. The first-order valence-corrected chi connectivity index (χ1v) is 12.4. The highest BCUT2D eigenvalue weighted by Gasteiger charge is 2.29. The van der Waals surface area contributed by atoms with Gasteiger partial charge >= 0.3 is 12.1 Å². The molecule has 0 aliphatic heterocycles. The second kappa shape index (κ2) is 11.1. The number of thioether (sulfide) groups is 1. The summed E-state index contributed by atoms with van der Waals surface area (Å²) in [5.41, 5.74) is 4.38. The van der Waals surface area contributed by atoms with Crippen LogP contribution in [0.15, 0.2) is 59.3 Å². The van der Waals surface area contributed by atoms with E-state index in [4.69, 9.17) is 9.15 Å². The fraction of sp³-hybridized carbons (Fsp3) is 0.280. The lowest BCUT2D eigenvalue weighted by Crippen LogP contribution is -2.41. The number of benzene rings is 2. The summed E-state index contributed by atoms with van der Waals surface area (Å²) < 4.78 is 10.7. The fourth-order valence-corrected chi connectivity index (χ4v) is 4.57. The van der Waals surface area contributed by atoms with Crippen LogP contribution in [0.25, 0.3) is 11.1 Å². The second-order valence-electron chi connectivity index (χ2n) is 7.95. The van der Waals surface area contributed by atoms with Crippen molar-refractivity contribution in [3.05, 3.63) is 77.5 Å². The highest BCUT2D eigenvalue weighted by atomic mass is 32.2. The minimum atomic E-state index is -1.13. The van der Waals surface area contributed by atoms with Gasteiger partial charge in [-0.25, -0.2) is 14.6 Å². The van der Waals surface area contributed by atoms with Gasteiger partial charge in [-0.2, -0.15) is 11.8 Å². The molecule has 35 heavy (non-hydrogen) atoms. The van der Waals surface area contributed by atoms with Crippen molar-refractivity contribution in [2.75, 3.05) is 18.6 Å². The molecule has 3 N–H and O–H groups in total. The zero-order chi connectivity index (χ0) is 24.8. The molecule has 0 fully saturated rings. The minimum absolute atomic E-state index is 0.0750. The van der Waals surface area contributed by atoms with E-state index in [-0.39, 0.29) is 36.9 Å². The number of nitrogens with zero attached hydrogens (tertiary/aromatic N) is 1. The summed E-state index contributed by atoms with van der Waals surface area (Å²) in [6.45, 7) is 0.0152. The predicted molar refractivity (Wildman–Crippen MR) is 130 cm³/mol. The van der Waals surface area contributed by atoms with Crippen LogP contribution in [0.3, 0.4) is 0 Å². The molecule has 0 saturated heterocycles. The Morgan fingerprint density at radius 3 is 2.40 bits per heavy atom. The lowest BCUT2D eigenvalue weighted by Gasteiger charge is -2.15. The number of rotatable bonds is 10. The Morgan fingerprint density at radius 2 is 1.77 bits per heavy atom. The number of hydrogen-bond acceptors (Lipinski definition) is 7. The van der Waals surface area contributed by atoms with E-state index in [1.807, 2.05) is 42.7 Å². The molecular weight excluding hydrogens is 470 g/mol. The van der Waals surface area contributed by atoms with Crippen molar-refractivity contribution < 1.29 is 28.6 Å². The van der Waals surface area contributed by atoms with Crippen molar-refractivity contribution in [3.63, 3.8) is 0 Å². The Kier molecular flexibility index (Phi) is 7.71. The Bertz CT molecular complexity index is 1180. The van der Waals surface area contributed by atoms with E-state index in [1.165, 1.54) is 11.8 Å². The Morgan fingerprint density at radius 1 is 1.11 bits per heavy atom. The third-order valence-corrected chi connectivity index (χ3v) is 6.45. The molecule has 182 valence electrons. The molecular formula is C25H25N3O6S. The quantitative estimate of drug-likeness (QED) is 0.389. The van der Waals surface area contributed by atoms with Gasteiger partial charge in [0.15, 0.2) is 17.8 Å². The summed E-state index contributed by atoms with van der Waals surface area (Å²) in [6, 6.07) is 15.0. The molecule has 1 heterocycles. The van der Waals surface area contributed by atoms with E-state index in [9.17, 15) is 19.5 Å². The van der Waals surface area contributed by atoms with Crippen LogP contribution in [-0.4, -0.2) is 52.7 Å². The largest absolute Gasteiger partial charge is 0.480 e. The van der Waals surface area contributed by atoms with E-state index in [0.29, 0.717) is 5.75 Å². The number of aliphatic carboxylic acids is 1. The number of ether oxygens (including phenoxy) is 1. The zero-order valence-corrected chi connectivity index (χ0v) is 19.8. The van der Waals surface area contributed by atoms with Gasteiger partial charge in [-0.3, -0.25) is 4.79 Å². The summed E-state index contributed by atoms with van der Waals surface area (Å²) in [7, 11) is 0. The number of hydrogen-bond donors (Lipinski definition) is 3. The van der Waals surface area contributed by atoms with Gasteiger partial charge in [-0.15, -0.1) is 0 Å². The third kappa shape index (κ3) is 5.48. The highest BCUT2D eigenvalue weighted by molar-refractivity contribution is 7.98. The number of carbonyl (C=O) groups is 3. The van der Waals surface area contributed by atoms with Crippen molar-refractivity contribution in [2.45, 2.75) is 24.9 Å². The van der Waals surface area contributed by atoms with Crippen LogP contribution in [0.5, 0.6) is 0 Å². The van der Waals surface area contributed by atoms with Gasteiger partial charge in [0.05, 0.1) is 6.54 Å². The SMILES string of the molecule is CSCCC(NC(=O)c1ncoc1CNC(=O)OCC1c2ccccc2-c2ccccc21)C(=O)O. The van der Waals surface area contributed by atoms with Crippen LogP contribution >= 0.6 is 11.8 Å². The Balaban J connectivity index is 1.34. The molecule has 2 aromatic carbocycles. The smallest absolute Gasteiger partial charge is 0.407 e. The molecule has 1 aliphatic carbocycles. The maximum atomic E-state index is 12.5. The van der Waals surface area contributed by atoms with Crippen molar-refractivity contribution in [1.29, 1.82) is 0 Å². The number of carboxylic acid groups (broad SMARTS) is 1. The molecule has 0 spiro atoms. The van der Waals surface area contributed by atoms with Crippen molar-refractivity contribution in [1.82, 2.24) is 15.6 Å². The van der Waals surface area contributed by atoms with Crippen LogP contribution in [0.4, 0.5) is 4.79 Å². The number of fused-ring (bicyclic) bond motifs is 3. The molecule has 1 aliphatic rings. The first-order valence-electron chi connectivity index (χ1n) is 11.0. The van der Waals surface area contributed by atoms with E-state index in [0.717, 1.165) is 28.6 Å². The molecule has 0 bridgehead atoms. The highest BCUT2D eigenvalue weighted by Crippen LogP contribution is 2.44. The van der Waals surface area contributed by atoms with Crippen molar-refractivity contribution in [3.8, 4) is 11.1 Å². The maximum absolute atomic E-state index is 12.5. The lowest BCUT2D eigenvalue weighted by molar-refractivity contribution is -0.139. The van der Waals surface area contributed by atoms with Gasteiger partial charge < -0.3 is 24.9 Å². The fourth-order valence-electron chi connectivity index (χ4n) is 4.10. The average Bonchev–Trinajstić information content (AvgIpc) is 3.46. The molecule has 1 unspecified atom stereocenters. The Labute approximate surface area is 206 Å². The molecule has 10 heteroatoms. The number of carboxylic acids is 1. The zero-order valence-electron chi connectivity index (χ0n) is 19.0. The van der Waals surface area contributed by atoms with Crippen LogP contribution in [0.1, 0.15) is 39.7 Å².